The first-order chi connectivity index (χ1) is 9.77. The highest BCUT2D eigenvalue weighted by molar-refractivity contribution is 7.91. The van der Waals surface area contributed by atoms with Crippen molar-refractivity contribution in [3.8, 4) is 5.75 Å². The van der Waals surface area contributed by atoms with Crippen molar-refractivity contribution in [3.63, 3.8) is 0 Å². The Kier molecular flexibility index (Phi) is 4.83. The molecule has 0 bridgehead atoms. The maximum atomic E-state index is 13.8. The molecule has 1 aromatic rings. The normalized spacial score (nSPS) is 22.8. The Morgan fingerprint density at radius 3 is 2.71 bits per heavy atom. The number of hydrogen-bond acceptors (Lipinski definition) is 4. The molecule has 1 aliphatic rings. The van der Waals surface area contributed by atoms with Crippen LogP contribution in [0.5, 0.6) is 5.75 Å². The van der Waals surface area contributed by atoms with E-state index in [9.17, 15) is 12.8 Å². The second kappa shape index (κ2) is 6.27. The third-order valence-electron chi connectivity index (χ3n) is 3.69. The number of rotatable bonds is 4. The maximum absolute atomic E-state index is 13.8. The van der Waals surface area contributed by atoms with Gasteiger partial charge in [-0.3, -0.25) is 0 Å². The van der Waals surface area contributed by atoms with E-state index in [2.05, 4.69) is 0 Å². The molecule has 1 aliphatic carbocycles. The van der Waals surface area contributed by atoms with Crippen molar-refractivity contribution in [1.29, 1.82) is 0 Å². The van der Waals surface area contributed by atoms with E-state index in [0.29, 0.717) is 18.6 Å². The Morgan fingerprint density at radius 2 is 2.14 bits per heavy atom. The zero-order valence-electron chi connectivity index (χ0n) is 11.7. The predicted octanol–water partition coefficient (Wildman–Crippen LogP) is 2.19. The lowest BCUT2D eigenvalue weighted by molar-refractivity contribution is 0.155. The van der Waals surface area contributed by atoms with Gasteiger partial charge in [0.25, 0.3) is 0 Å². The summed E-state index contributed by atoms with van der Waals surface area (Å²) in [6.45, 7) is 0. The third kappa shape index (κ3) is 4.14. The summed E-state index contributed by atoms with van der Waals surface area (Å²) in [6.07, 6.45) is 3.69. The average molecular weight is 331 g/mol. The lowest BCUT2D eigenvalue weighted by Gasteiger charge is -2.28. The Hall–Kier alpha value is -1.21. The molecule has 2 unspecified atom stereocenters. The Labute approximate surface area is 129 Å². The smallest absolute Gasteiger partial charge is 0.150 e. The summed E-state index contributed by atoms with van der Waals surface area (Å²) in [5.41, 5.74) is 5.57. The van der Waals surface area contributed by atoms with E-state index in [1.165, 1.54) is 18.4 Å². The molecule has 2 rings (SSSR count). The van der Waals surface area contributed by atoms with Crippen LogP contribution in [0.15, 0.2) is 18.2 Å². The van der Waals surface area contributed by atoms with Gasteiger partial charge in [-0.15, -0.1) is 0 Å². The summed E-state index contributed by atoms with van der Waals surface area (Å²) in [4.78, 5) is -0.00569. The number of thiocarbonyl (C=S) groups is 1. The average Bonchev–Trinajstić information content (AvgIpc) is 2.37. The molecule has 1 fully saturated rings. The fourth-order valence-corrected chi connectivity index (χ4v) is 3.88. The molecular weight excluding hydrogens is 313 g/mol. The fourth-order valence-electron chi connectivity index (χ4n) is 2.56. The molecular formula is C14H18FNO3S2. The SMILES string of the molecule is CS(=O)(=O)C1CCCC(Oc2ccc(C(N)=S)c(F)c2)C1. The minimum Gasteiger partial charge on any atom is -0.490 e. The van der Waals surface area contributed by atoms with Crippen LogP contribution < -0.4 is 10.5 Å². The molecule has 0 heterocycles. The Bertz CT molecular complexity index is 646. The number of ether oxygens (including phenoxy) is 1. The first-order valence-electron chi connectivity index (χ1n) is 6.72. The minimum absolute atomic E-state index is 0.00569. The fraction of sp³-hybridized carbons (Fsp3) is 0.500. The van der Waals surface area contributed by atoms with Crippen LogP contribution in [0.25, 0.3) is 0 Å². The quantitative estimate of drug-likeness (QED) is 0.857. The van der Waals surface area contributed by atoms with Gasteiger partial charge in [0.1, 0.15) is 26.4 Å². The molecule has 0 amide bonds. The predicted molar refractivity (Wildman–Crippen MR) is 83.8 cm³/mol. The lowest BCUT2D eigenvalue weighted by atomic mass is 9.97. The van der Waals surface area contributed by atoms with Gasteiger partial charge in [-0.1, -0.05) is 12.2 Å². The molecule has 2 N–H and O–H groups in total. The van der Waals surface area contributed by atoms with Crippen molar-refractivity contribution in [2.24, 2.45) is 5.73 Å². The molecule has 1 saturated carbocycles. The van der Waals surface area contributed by atoms with Gasteiger partial charge in [0, 0.05) is 24.3 Å². The van der Waals surface area contributed by atoms with E-state index in [4.69, 9.17) is 22.7 Å². The van der Waals surface area contributed by atoms with Crippen LogP contribution >= 0.6 is 12.2 Å². The van der Waals surface area contributed by atoms with Gasteiger partial charge in [-0.25, -0.2) is 12.8 Å². The highest BCUT2D eigenvalue weighted by atomic mass is 32.2. The van der Waals surface area contributed by atoms with Crippen molar-refractivity contribution in [2.45, 2.75) is 37.0 Å². The lowest BCUT2D eigenvalue weighted by Crippen LogP contribution is -2.33. The van der Waals surface area contributed by atoms with Crippen LogP contribution in [-0.4, -0.2) is 31.0 Å². The van der Waals surface area contributed by atoms with Gasteiger partial charge in [0.2, 0.25) is 0 Å². The van der Waals surface area contributed by atoms with Crippen LogP contribution in [0, 0.1) is 5.82 Å². The number of benzene rings is 1. The van der Waals surface area contributed by atoms with Gasteiger partial charge < -0.3 is 10.5 Å². The van der Waals surface area contributed by atoms with Crippen molar-refractivity contribution < 1.29 is 17.5 Å². The first kappa shape index (κ1) is 16.2. The van der Waals surface area contributed by atoms with Crippen LogP contribution in [0.3, 0.4) is 0 Å². The largest absolute Gasteiger partial charge is 0.490 e. The highest BCUT2D eigenvalue weighted by Crippen LogP contribution is 2.28. The molecule has 116 valence electrons. The van der Waals surface area contributed by atoms with E-state index in [0.717, 1.165) is 12.8 Å². The van der Waals surface area contributed by atoms with E-state index >= 15 is 0 Å². The highest BCUT2D eigenvalue weighted by Gasteiger charge is 2.30. The van der Waals surface area contributed by atoms with Gasteiger partial charge in [0.15, 0.2) is 0 Å². The van der Waals surface area contributed by atoms with Crippen molar-refractivity contribution in [1.82, 2.24) is 0 Å². The van der Waals surface area contributed by atoms with E-state index in [-0.39, 0.29) is 21.9 Å². The van der Waals surface area contributed by atoms with Gasteiger partial charge >= 0.3 is 0 Å². The van der Waals surface area contributed by atoms with E-state index in [1.54, 1.807) is 6.07 Å². The number of hydrogen-bond donors (Lipinski definition) is 1. The monoisotopic (exact) mass is 331 g/mol. The Morgan fingerprint density at radius 1 is 1.43 bits per heavy atom. The van der Waals surface area contributed by atoms with E-state index in [1.807, 2.05) is 0 Å². The van der Waals surface area contributed by atoms with Gasteiger partial charge in [-0.05, 0) is 31.4 Å². The van der Waals surface area contributed by atoms with Crippen LogP contribution in [-0.2, 0) is 9.84 Å². The molecule has 0 spiro atoms. The Balaban J connectivity index is 2.08. The van der Waals surface area contributed by atoms with Crippen molar-refractivity contribution in [3.05, 3.63) is 29.6 Å². The van der Waals surface area contributed by atoms with E-state index < -0.39 is 15.7 Å². The van der Waals surface area contributed by atoms with Crippen LogP contribution in [0.1, 0.15) is 31.2 Å². The van der Waals surface area contributed by atoms with Gasteiger partial charge in [0.05, 0.1) is 11.4 Å². The van der Waals surface area contributed by atoms with Crippen molar-refractivity contribution in [2.75, 3.05) is 6.26 Å². The van der Waals surface area contributed by atoms with Crippen LogP contribution in [0.2, 0.25) is 0 Å². The van der Waals surface area contributed by atoms with Crippen molar-refractivity contribution >= 4 is 27.0 Å². The maximum Gasteiger partial charge on any atom is 0.150 e. The molecule has 7 heteroatoms. The molecule has 21 heavy (non-hydrogen) atoms. The second-order valence-electron chi connectivity index (χ2n) is 5.36. The summed E-state index contributed by atoms with van der Waals surface area (Å²) in [6, 6.07) is 4.31. The number of sulfone groups is 1. The molecule has 2 atom stereocenters. The molecule has 4 nitrogen and oxygen atoms in total. The number of nitrogens with two attached hydrogens (primary N) is 1. The standard InChI is InChI=1S/C14H18FNO3S2/c1-21(17,18)11-4-2-3-9(7-11)19-10-5-6-12(14(16)20)13(15)8-10/h5-6,8-9,11H,2-4,7H2,1H3,(H2,16,20). The zero-order chi connectivity index (χ0) is 15.6. The third-order valence-corrected chi connectivity index (χ3v) is 5.55. The molecule has 0 radical (unpaired) electrons. The number of halogens is 1. The zero-order valence-corrected chi connectivity index (χ0v) is 13.3. The van der Waals surface area contributed by atoms with Crippen LogP contribution in [0.4, 0.5) is 4.39 Å². The summed E-state index contributed by atoms with van der Waals surface area (Å²) in [7, 11) is -3.06. The summed E-state index contributed by atoms with van der Waals surface area (Å²) in [5.74, 6) is -0.165. The molecule has 0 aromatic heterocycles. The topological polar surface area (TPSA) is 69.4 Å². The summed E-state index contributed by atoms with van der Waals surface area (Å²) in [5, 5.41) is -0.378. The summed E-state index contributed by atoms with van der Waals surface area (Å²) < 4.78 is 42.7. The second-order valence-corrected chi connectivity index (χ2v) is 8.13. The first-order valence-corrected chi connectivity index (χ1v) is 9.08. The minimum atomic E-state index is -3.06. The molecule has 0 aliphatic heterocycles. The summed E-state index contributed by atoms with van der Waals surface area (Å²) >= 11 is 4.74. The molecule has 1 aromatic carbocycles. The van der Waals surface area contributed by atoms with Gasteiger partial charge in [-0.2, -0.15) is 0 Å². The molecule has 0 saturated heterocycles.